The Hall–Kier alpha value is -2.59. The summed E-state index contributed by atoms with van der Waals surface area (Å²) in [7, 11) is -1.56. The van der Waals surface area contributed by atoms with E-state index in [1.54, 1.807) is 53.7 Å². The molecular formula is C18H28BN3O6. The lowest BCUT2D eigenvalue weighted by Crippen LogP contribution is -2.47. The van der Waals surface area contributed by atoms with E-state index in [0.29, 0.717) is 5.46 Å². The molecular weight excluding hydrogens is 365 g/mol. The summed E-state index contributed by atoms with van der Waals surface area (Å²) in [5.74, 6) is -0.130. The van der Waals surface area contributed by atoms with Gasteiger partial charge in [0, 0.05) is 0 Å². The van der Waals surface area contributed by atoms with Crippen molar-refractivity contribution in [3.63, 3.8) is 0 Å². The largest absolute Gasteiger partial charge is 0.488 e. The van der Waals surface area contributed by atoms with E-state index in [0.717, 1.165) is 5.56 Å². The number of benzene rings is 1. The topological polar surface area (TPSA) is 129 Å². The molecule has 0 aromatic heterocycles. The van der Waals surface area contributed by atoms with Crippen molar-refractivity contribution in [2.75, 3.05) is 0 Å². The number of nitrogens with one attached hydrogen (secondary N) is 2. The van der Waals surface area contributed by atoms with Gasteiger partial charge in [-0.2, -0.15) is 0 Å². The van der Waals surface area contributed by atoms with Crippen LogP contribution in [0.5, 0.6) is 0 Å². The summed E-state index contributed by atoms with van der Waals surface area (Å²) >= 11 is 0. The fourth-order valence-corrected chi connectivity index (χ4v) is 1.88. The van der Waals surface area contributed by atoms with Crippen LogP contribution in [0, 0.1) is 0 Å². The molecule has 0 saturated heterocycles. The fourth-order valence-electron chi connectivity index (χ4n) is 1.88. The molecule has 0 aliphatic rings. The maximum atomic E-state index is 12.0. The van der Waals surface area contributed by atoms with Gasteiger partial charge in [-0.1, -0.05) is 24.3 Å². The normalized spacial score (nSPS) is 11.3. The van der Waals surface area contributed by atoms with Crippen molar-refractivity contribution in [3.05, 3.63) is 29.8 Å². The zero-order valence-corrected chi connectivity index (χ0v) is 17.1. The molecule has 28 heavy (non-hydrogen) atoms. The smallest absolute Gasteiger partial charge is 0.444 e. The van der Waals surface area contributed by atoms with Gasteiger partial charge in [0.05, 0.1) is 6.54 Å². The first-order chi connectivity index (χ1) is 12.7. The first-order valence-corrected chi connectivity index (χ1v) is 8.74. The second kappa shape index (κ2) is 9.56. The quantitative estimate of drug-likeness (QED) is 0.348. The summed E-state index contributed by atoms with van der Waals surface area (Å²) in [5.41, 5.74) is -0.380. The number of carbonyl (C=O) groups is 2. The number of aliphatic imine (C=N–C) groups is 1. The average Bonchev–Trinajstić information content (AvgIpc) is 2.49. The van der Waals surface area contributed by atoms with Gasteiger partial charge in [-0.25, -0.2) is 14.6 Å². The lowest BCUT2D eigenvalue weighted by Gasteiger charge is -2.22. The number of nitrogens with zero attached hydrogens (tertiary/aromatic N) is 1. The molecule has 0 aliphatic heterocycles. The van der Waals surface area contributed by atoms with E-state index < -0.39 is 30.5 Å². The van der Waals surface area contributed by atoms with Crippen LogP contribution in [0.2, 0.25) is 0 Å². The maximum absolute atomic E-state index is 12.0. The van der Waals surface area contributed by atoms with E-state index in [-0.39, 0.29) is 12.5 Å². The van der Waals surface area contributed by atoms with Gasteiger partial charge in [-0.05, 0) is 52.6 Å². The molecule has 0 unspecified atom stereocenters. The summed E-state index contributed by atoms with van der Waals surface area (Å²) in [6.07, 6.45) is -1.55. The van der Waals surface area contributed by atoms with Crippen LogP contribution >= 0.6 is 0 Å². The molecule has 0 heterocycles. The Kier molecular flexibility index (Phi) is 8.01. The molecule has 0 spiro atoms. The summed E-state index contributed by atoms with van der Waals surface area (Å²) < 4.78 is 10.3. The van der Waals surface area contributed by atoms with Crippen molar-refractivity contribution in [1.29, 1.82) is 0 Å². The van der Waals surface area contributed by atoms with E-state index in [4.69, 9.17) is 19.5 Å². The highest BCUT2D eigenvalue weighted by Gasteiger charge is 2.21. The van der Waals surface area contributed by atoms with E-state index in [2.05, 4.69) is 15.6 Å². The number of amides is 2. The minimum atomic E-state index is -1.56. The Balaban J connectivity index is 2.89. The highest BCUT2D eigenvalue weighted by Crippen LogP contribution is 2.08. The van der Waals surface area contributed by atoms with Gasteiger partial charge in [0.2, 0.25) is 5.96 Å². The third kappa shape index (κ3) is 9.93. The third-order valence-electron chi connectivity index (χ3n) is 2.94. The summed E-state index contributed by atoms with van der Waals surface area (Å²) in [6, 6.07) is 6.38. The van der Waals surface area contributed by atoms with Crippen LogP contribution in [0.15, 0.2) is 29.3 Å². The molecule has 0 fully saturated rings. The average molecular weight is 393 g/mol. The lowest BCUT2D eigenvalue weighted by atomic mass is 9.80. The zero-order valence-electron chi connectivity index (χ0n) is 17.1. The third-order valence-corrected chi connectivity index (χ3v) is 2.94. The maximum Gasteiger partial charge on any atom is 0.488 e. The number of guanidine groups is 1. The van der Waals surface area contributed by atoms with Crippen LogP contribution in [-0.4, -0.2) is 46.5 Å². The van der Waals surface area contributed by atoms with Crippen molar-refractivity contribution >= 4 is 30.7 Å². The molecule has 9 nitrogen and oxygen atoms in total. The van der Waals surface area contributed by atoms with E-state index in [1.807, 2.05) is 0 Å². The van der Waals surface area contributed by atoms with Gasteiger partial charge in [0.15, 0.2) is 0 Å². The predicted octanol–water partition coefficient (Wildman–Crippen LogP) is 1.27. The highest BCUT2D eigenvalue weighted by atomic mass is 16.6. The van der Waals surface area contributed by atoms with Gasteiger partial charge in [-0.3, -0.25) is 10.6 Å². The van der Waals surface area contributed by atoms with E-state index in [9.17, 15) is 9.59 Å². The van der Waals surface area contributed by atoms with Gasteiger partial charge in [0.1, 0.15) is 11.2 Å². The standard InChI is InChI=1S/C18H28BN3O6/c1-17(2,3)27-15(23)21-14(22-16(24)28-18(4,5)6)20-11-12-7-9-13(10-8-12)19(25)26/h7-10,25-26H,11H2,1-6H3,(H2,20,21,22,23,24). The highest BCUT2D eigenvalue weighted by molar-refractivity contribution is 6.58. The minimum absolute atomic E-state index is 0.114. The molecule has 0 atom stereocenters. The molecule has 0 radical (unpaired) electrons. The van der Waals surface area contributed by atoms with Crippen molar-refractivity contribution in [3.8, 4) is 0 Å². The molecule has 1 aromatic carbocycles. The summed E-state index contributed by atoms with van der Waals surface area (Å²) in [5, 5.41) is 23.0. The van der Waals surface area contributed by atoms with Crippen LogP contribution in [0.1, 0.15) is 47.1 Å². The Morgan fingerprint density at radius 3 is 1.71 bits per heavy atom. The van der Waals surface area contributed by atoms with Crippen molar-refractivity contribution in [1.82, 2.24) is 10.6 Å². The molecule has 1 rings (SSSR count). The molecule has 0 bridgehead atoms. The SMILES string of the molecule is CC(C)(C)OC(=O)NC(=NCc1ccc(B(O)O)cc1)NC(=O)OC(C)(C)C. The first kappa shape index (κ1) is 23.5. The number of hydrogen-bond donors (Lipinski definition) is 4. The van der Waals surface area contributed by atoms with Gasteiger partial charge in [-0.15, -0.1) is 0 Å². The van der Waals surface area contributed by atoms with Crippen LogP contribution in [-0.2, 0) is 16.0 Å². The molecule has 0 aliphatic carbocycles. The van der Waals surface area contributed by atoms with Gasteiger partial charge >= 0.3 is 19.3 Å². The first-order valence-electron chi connectivity index (χ1n) is 8.74. The molecule has 2 amide bonds. The monoisotopic (exact) mass is 393 g/mol. The molecule has 0 saturated carbocycles. The summed E-state index contributed by atoms with van der Waals surface area (Å²) in [6.45, 7) is 10.4. The Morgan fingerprint density at radius 1 is 0.929 bits per heavy atom. The summed E-state index contributed by atoms with van der Waals surface area (Å²) in [4.78, 5) is 28.2. The number of carbonyl (C=O) groups excluding carboxylic acids is 2. The number of hydrogen-bond acceptors (Lipinski definition) is 7. The van der Waals surface area contributed by atoms with Crippen molar-refractivity contribution < 1.29 is 29.1 Å². The fraction of sp³-hybridized carbons (Fsp3) is 0.500. The number of rotatable bonds is 3. The van der Waals surface area contributed by atoms with Crippen LogP contribution in [0.3, 0.4) is 0 Å². The molecule has 1 aromatic rings. The minimum Gasteiger partial charge on any atom is -0.444 e. The second-order valence-electron chi connectivity index (χ2n) is 8.03. The number of alkyl carbamates (subject to hydrolysis) is 2. The van der Waals surface area contributed by atoms with Crippen LogP contribution in [0.4, 0.5) is 9.59 Å². The zero-order chi connectivity index (χ0) is 21.5. The lowest BCUT2D eigenvalue weighted by molar-refractivity contribution is 0.0545. The Labute approximate surface area is 165 Å². The predicted molar refractivity (Wildman–Crippen MR) is 106 cm³/mol. The van der Waals surface area contributed by atoms with Crippen LogP contribution in [0.25, 0.3) is 0 Å². The van der Waals surface area contributed by atoms with Crippen LogP contribution < -0.4 is 16.1 Å². The molecule has 154 valence electrons. The van der Waals surface area contributed by atoms with E-state index >= 15 is 0 Å². The van der Waals surface area contributed by atoms with Crippen molar-refractivity contribution in [2.24, 2.45) is 4.99 Å². The molecule has 4 N–H and O–H groups in total. The van der Waals surface area contributed by atoms with Crippen molar-refractivity contribution in [2.45, 2.75) is 59.3 Å². The second-order valence-corrected chi connectivity index (χ2v) is 8.03. The van der Waals surface area contributed by atoms with Gasteiger partial charge < -0.3 is 19.5 Å². The Morgan fingerprint density at radius 2 is 1.36 bits per heavy atom. The number of ether oxygens (including phenoxy) is 2. The molecule has 10 heteroatoms. The van der Waals surface area contributed by atoms with E-state index in [1.165, 1.54) is 12.1 Å². The van der Waals surface area contributed by atoms with Gasteiger partial charge in [0.25, 0.3) is 0 Å². The Bertz CT molecular complexity index is 674.